The van der Waals surface area contributed by atoms with Gasteiger partial charge in [0.05, 0.1) is 6.54 Å². The first kappa shape index (κ1) is 17.5. The van der Waals surface area contributed by atoms with Crippen molar-refractivity contribution in [2.75, 3.05) is 21.1 Å². The number of rotatable bonds is 4. The van der Waals surface area contributed by atoms with Crippen LogP contribution in [-0.2, 0) is 13.1 Å². The van der Waals surface area contributed by atoms with E-state index in [1.807, 2.05) is 62.4 Å². The van der Waals surface area contributed by atoms with Crippen LogP contribution in [0.5, 0.6) is 0 Å². The van der Waals surface area contributed by atoms with Crippen LogP contribution in [0.2, 0.25) is 0 Å². The Bertz CT molecular complexity index is 677. The van der Waals surface area contributed by atoms with Gasteiger partial charge in [-0.25, -0.2) is 4.99 Å². The summed E-state index contributed by atoms with van der Waals surface area (Å²) in [4.78, 5) is 12.9. The molecule has 0 radical (unpaired) electrons. The van der Waals surface area contributed by atoms with E-state index in [9.17, 15) is 0 Å². The maximum Gasteiger partial charge on any atom is 0.224 e. The zero-order chi connectivity index (χ0) is 17.4. The van der Waals surface area contributed by atoms with E-state index in [0.29, 0.717) is 18.5 Å². The summed E-state index contributed by atoms with van der Waals surface area (Å²) in [6.45, 7) is 1.29. The summed E-state index contributed by atoms with van der Waals surface area (Å²) in [6, 6.07) is 20.4. The van der Waals surface area contributed by atoms with Crippen molar-refractivity contribution in [1.82, 2.24) is 9.80 Å². The highest BCUT2D eigenvalue weighted by atomic mass is 15.3. The number of guanidine groups is 2. The topological polar surface area (TPSA) is 57.2 Å². The van der Waals surface area contributed by atoms with Gasteiger partial charge in [0.25, 0.3) is 0 Å². The van der Waals surface area contributed by atoms with Gasteiger partial charge in [0.15, 0.2) is 5.96 Å². The van der Waals surface area contributed by atoms with Crippen molar-refractivity contribution in [1.29, 1.82) is 0 Å². The number of hydrogen-bond acceptors (Lipinski definition) is 1. The van der Waals surface area contributed by atoms with Crippen LogP contribution in [0, 0.1) is 0 Å². The van der Waals surface area contributed by atoms with Gasteiger partial charge >= 0.3 is 0 Å². The molecular weight excluding hydrogens is 298 g/mol. The zero-order valence-corrected chi connectivity index (χ0v) is 14.6. The average Bonchev–Trinajstić information content (AvgIpc) is 2.60. The number of nitrogens with zero attached hydrogens (tertiary/aromatic N) is 4. The minimum absolute atomic E-state index is 0.432. The van der Waals surface area contributed by atoms with E-state index >= 15 is 0 Å². The van der Waals surface area contributed by atoms with E-state index < -0.39 is 0 Å². The predicted octanol–water partition coefficient (Wildman–Crippen LogP) is 2.55. The molecule has 0 unspecified atom stereocenters. The fraction of sp³-hybridized carbons (Fsp3) is 0.263. The second-order valence-electron chi connectivity index (χ2n) is 5.81. The van der Waals surface area contributed by atoms with Gasteiger partial charge in [-0.3, -0.25) is 0 Å². The SMILES string of the molecule is CN(C)C(N)=NC(=NCc1ccccc1)N(C)Cc1ccccc1. The van der Waals surface area contributed by atoms with Crippen LogP contribution in [0.1, 0.15) is 11.1 Å². The van der Waals surface area contributed by atoms with Crippen molar-refractivity contribution >= 4 is 11.9 Å². The van der Waals surface area contributed by atoms with E-state index in [0.717, 1.165) is 12.1 Å². The fourth-order valence-electron chi connectivity index (χ4n) is 2.12. The van der Waals surface area contributed by atoms with Crippen LogP contribution in [-0.4, -0.2) is 42.9 Å². The van der Waals surface area contributed by atoms with E-state index in [4.69, 9.17) is 5.73 Å². The normalized spacial score (nSPS) is 12.1. The van der Waals surface area contributed by atoms with Gasteiger partial charge in [0.1, 0.15) is 0 Å². The Hall–Kier alpha value is -2.82. The summed E-state index contributed by atoms with van der Waals surface area (Å²) in [7, 11) is 5.71. The largest absolute Gasteiger partial charge is 0.369 e. The Morgan fingerprint density at radius 1 is 0.875 bits per heavy atom. The lowest BCUT2D eigenvalue weighted by atomic mass is 10.2. The molecule has 2 aromatic rings. The Balaban J connectivity index is 2.20. The van der Waals surface area contributed by atoms with Gasteiger partial charge in [0.2, 0.25) is 5.96 Å². The minimum Gasteiger partial charge on any atom is -0.369 e. The van der Waals surface area contributed by atoms with E-state index in [2.05, 4.69) is 34.3 Å². The summed E-state index contributed by atoms with van der Waals surface area (Å²) < 4.78 is 0. The Morgan fingerprint density at radius 2 is 1.42 bits per heavy atom. The monoisotopic (exact) mass is 323 g/mol. The zero-order valence-electron chi connectivity index (χ0n) is 14.6. The van der Waals surface area contributed by atoms with Gasteiger partial charge in [-0.2, -0.15) is 4.99 Å². The molecule has 24 heavy (non-hydrogen) atoms. The molecule has 0 aromatic heterocycles. The van der Waals surface area contributed by atoms with Crippen molar-refractivity contribution in [3.63, 3.8) is 0 Å². The standard InChI is InChI=1S/C19H25N5/c1-23(2)18(20)22-19(21-14-16-10-6-4-7-11-16)24(3)15-17-12-8-5-9-13-17/h4-13H,14-15H2,1-3H3,(H2,20,21,22). The molecule has 0 bridgehead atoms. The van der Waals surface area contributed by atoms with E-state index in [1.54, 1.807) is 4.90 Å². The molecule has 0 saturated heterocycles. The third-order valence-electron chi connectivity index (χ3n) is 3.52. The van der Waals surface area contributed by atoms with Crippen LogP contribution >= 0.6 is 0 Å². The molecule has 0 fully saturated rings. The maximum atomic E-state index is 5.99. The Labute approximate surface area is 144 Å². The van der Waals surface area contributed by atoms with Crippen LogP contribution in [0.15, 0.2) is 70.6 Å². The van der Waals surface area contributed by atoms with Gasteiger partial charge in [0, 0.05) is 27.7 Å². The molecule has 0 saturated carbocycles. The quantitative estimate of drug-likeness (QED) is 0.695. The summed E-state index contributed by atoms with van der Waals surface area (Å²) in [5.41, 5.74) is 8.33. The fourth-order valence-corrected chi connectivity index (χ4v) is 2.12. The molecule has 2 aromatic carbocycles. The number of aliphatic imine (C=N–C) groups is 2. The summed E-state index contributed by atoms with van der Waals surface area (Å²) in [5, 5.41) is 0. The molecular formula is C19H25N5. The lowest BCUT2D eigenvalue weighted by Crippen LogP contribution is -2.34. The van der Waals surface area contributed by atoms with Crippen LogP contribution in [0.3, 0.4) is 0 Å². The van der Waals surface area contributed by atoms with Crippen LogP contribution in [0.25, 0.3) is 0 Å². The molecule has 2 rings (SSSR count). The first-order chi connectivity index (χ1) is 11.6. The number of hydrogen-bond donors (Lipinski definition) is 1. The van der Waals surface area contributed by atoms with Crippen LogP contribution < -0.4 is 5.73 Å². The molecule has 0 heterocycles. The molecule has 0 amide bonds. The smallest absolute Gasteiger partial charge is 0.224 e. The molecule has 0 aliphatic carbocycles. The Kier molecular flexibility index (Phi) is 6.37. The summed E-state index contributed by atoms with van der Waals surface area (Å²) in [6.07, 6.45) is 0. The molecule has 0 spiro atoms. The summed E-state index contributed by atoms with van der Waals surface area (Å²) in [5.74, 6) is 1.05. The molecule has 0 aliphatic rings. The third-order valence-corrected chi connectivity index (χ3v) is 3.52. The lowest BCUT2D eigenvalue weighted by Gasteiger charge is -2.20. The highest BCUT2D eigenvalue weighted by Crippen LogP contribution is 2.06. The average molecular weight is 323 g/mol. The van der Waals surface area contributed by atoms with Crippen molar-refractivity contribution in [3.05, 3.63) is 71.8 Å². The molecule has 0 aliphatic heterocycles. The van der Waals surface area contributed by atoms with E-state index in [-0.39, 0.29) is 0 Å². The van der Waals surface area contributed by atoms with Gasteiger partial charge in [-0.1, -0.05) is 60.7 Å². The van der Waals surface area contributed by atoms with Gasteiger partial charge in [-0.15, -0.1) is 0 Å². The van der Waals surface area contributed by atoms with Crippen molar-refractivity contribution in [2.24, 2.45) is 15.7 Å². The van der Waals surface area contributed by atoms with Crippen molar-refractivity contribution in [2.45, 2.75) is 13.1 Å². The molecule has 126 valence electrons. The molecule has 5 heteroatoms. The van der Waals surface area contributed by atoms with E-state index in [1.165, 1.54) is 5.56 Å². The molecule has 2 N–H and O–H groups in total. The van der Waals surface area contributed by atoms with Gasteiger partial charge < -0.3 is 15.5 Å². The maximum absolute atomic E-state index is 5.99. The first-order valence-corrected chi connectivity index (χ1v) is 7.91. The van der Waals surface area contributed by atoms with Gasteiger partial charge in [-0.05, 0) is 11.1 Å². The highest BCUT2D eigenvalue weighted by molar-refractivity contribution is 5.93. The third kappa shape index (κ3) is 5.43. The summed E-state index contributed by atoms with van der Waals surface area (Å²) >= 11 is 0. The predicted molar refractivity (Wildman–Crippen MR) is 101 cm³/mol. The molecule has 0 atom stereocenters. The van der Waals surface area contributed by atoms with Crippen LogP contribution in [0.4, 0.5) is 0 Å². The van der Waals surface area contributed by atoms with Crippen molar-refractivity contribution < 1.29 is 0 Å². The first-order valence-electron chi connectivity index (χ1n) is 7.91. The molecule has 5 nitrogen and oxygen atoms in total. The van der Waals surface area contributed by atoms with Crippen molar-refractivity contribution in [3.8, 4) is 0 Å². The lowest BCUT2D eigenvalue weighted by molar-refractivity contribution is 0.490. The minimum atomic E-state index is 0.432. The second kappa shape index (κ2) is 8.72. The highest BCUT2D eigenvalue weighted by Gasteiger charge is 2.08. The number of benzene rings is 2. The second-order valence-corrected chi connectivity index (χ2v) is 5.81. The number of nitrogens with two attached hydrogens (primary N) is 1. The Morgan fingerprint density at radius 3 is 1.96 bits per heavy atom.